The van der Waals surface area contributed by atoms with Crippen LogP contribution in [0.25, 0.3) is 0 Å². The lowest BCUT2D eigenvalue weighted by atomic mass is 9.93. The monoisotopic (exact) mass is 268 g/mol. The Balaban J connectivity index is 2.69. The molecule has 0 aliphatic carbocycles. The fraction of sp³-hybridized carbons (Fsp3) is 0.800. The Bertz CT molecular complexity index is 346. The molecular weight excluding hydrogens is 240 g/mol. The Morgan fingerprint density at radius 3 is 2.56 bits per heavy atom. The lowest BCUT2D eigenvalue weighted by molar-refractivity contribution is 0.299. The first kappa shape index (κ1) is 15.6. The number of nitrogens with zero attached hydrogens (tertiary/aromatic N) is 1. The van der Waals surface area contributed by atoms with E-state index in [1.165, 1.54) is 37.1 Å². The van der Waals surface area contributed by atoms with E-state index in [9.17, 15) is 0 Å². The molecule has 0 aliphatic heterocycles. The van der Waals surface area contributed by atoms with Crippen molar-refractivity contribution in [2.24, 2.45) is 0 Å². The van der Waals surface area contributed by atoms with Gasteiger partial charge in [0.05, 0.1) is 5.54 Å². The molecule has 0 fully saturated rings. The fourth-order valence-corrected chi connectivity index (χ4v) is 3.34. The topological polar surface area (TPSA) is 24.9 Å². The Labute approximate surface area is 116 Å². The van der Waals surface area contributed by atoms with Crippen LogP contribution in [0.4, 0.5) is 0 Å². The van der Waals surface area contributed by atoms with Crippen molar-refractivity contribution >= 4 is 11.3 Å². The van der Waals surface area contributed by atoms with Gasteiger partial charge in [0.25, 0.3) is 0 Å². The number of unbranched alkanes of at least 4 members (excludes halogenated alkanes) is 3. The number of aromatic nitrogens is 1. The Morgan fingerprint density at radius 2 is 2.06 bits per heavy atom. The van der Waals surface area contributed by atoms with E-state index in [0.717, 1.165) is 5.69 Å². The summed E-state index contributed by atoms with van der Waals surface area (Å²) in [6, 6.07) is 0.491. The van der Waals surface area contributed by atoms with E-state index in [2.05, 4.69) is 45.3 Å². The normalized spacial score (nSPS) is 15.0. The molecule has 0 amide bonds. The SMILES string of the molecule is CCCCCCC(C)(NC(C)C)c1nc(C)cs1. The summed E-state index contributed by atoms with van der Waals surface area (Å²) in [6.07, 6.45) is 6.43. The van der Waals surface area contributed by atoms with Crippen molar-refractivity contribution in [1.82, 2.24) is 10.3 Å². The molecule has 3 heteroatoms. The van der Waals surface area contributed by atoms with Crippen LogP contribution >= 0.6 is 11.3 Å². The summed E-state index contributed by atoms with van der Waals surface area (Å²) in [4.78, 5) is 4.69. The molecule has 1 unspecified atom stereocenters. The summed E-state index contributed by atoms with van der Waals surface area (Å²) in [5, 5.41) is 7.11. The zero-order valence-corrected chi connectivity index (χ0v) is 13.4. The molecule has 0 aromatic carbocycles. The van der Waals surface area contributed by atoms with Crippen molar-refractivity contribution in [1.29, 1.82) is 0 Å². The maximum absolute atomic E-state index is 4.69. The predicted octanol–water partition coefficient (Wildman–Crippen LogP) is 4.64. The van der Waals surface area contributed by atoms with Gasteiger partial charge in [-0.2, -0.15) is 0 Å². The average molecular weight is 268 g/mol. The molecule has 1 atom stereocenters. The molecule has 0 saturated heterocycles. The largest absolute Gasteiger partial charge is 0.303 e. The minimum absolute atomic E-state index is 0.0425. The Morgan fingerprint density at radius 1 is 1.33 bits per heavy atom. The summed E-state index contributed by atoms with van der Waals surface area (Å²) in [6.45, 7) is 11.1. The number of hydrogen-bond donors (Lipinski definition) is 1. The summed E-state index contributed by atoms with van der Waals surface area (Å²) in [7, 11) is 0. The number of nitrogens with one attached hydrogen (secondary N) is 1. The van der Waals surface area contributed by atoms with Crippen molar-refractivity contribution < 1.29 is 0 Å². The first-order valence-electron chi connectivity index (χ1n) is 7.18. The van der Waals surface area contributed by atoms with E-state index < -0.39 is 0 Å². The van der Waals surface area contributed by atoms with Crippen LogP contribution in [0.15, 0.2) is 5.38 Å². The lowest BCUT2D eigenvalue weighted by Crippen LogP contribution is -2.43. The van der Waals surface area contributed by atoms with Gasteiger partial charge in [-0.3, -0.25) is 0 Å². The highest BCUT2D eigenvalue weighted by Crippen LogP contribution is 2.30. The van der Waals surface area contributed by atoms with E-state index >= 15 is 0 Å². The number of aryl methyl sites for hydroxylation is 1. The van der Waals surface area contributed by atoms with Crippen LogP contribution < -0.4 is 5.32 Å². The molecule has 2 nitrogen and oxygen atoms in total. The molecule has 0 aliphatic rings. The second kappa shape index (κ2) is 7.25. The number of thiazole rings is 1. The van der Waals surface area contributed by atoms with Crippen molar-refractivity contribution in [2.75, 3.05) is 0 Å². The standard InChI is InChI=1S/C15H28N2S/c1-6-7-8-9-10-15(5,17-12(2)3)14-16-13(4)11-18-14/h11-12,17H,6-10H2,1-5H3. The number of rotatable bonds is 8. The molecule has 0 spiro atoms. The molecule has 104 valence electrons. The van der Waals surface area contributed by atoms with E-state index in [-0.39, 0.29) is 5.54 Å². The van der Waals surface area contributed by atoms with Gasteiger partial charge < -0.3 is 5.32 Å². The highest BCUT2D eigenvalue weighted by molar-refractivity contribution is 7.09. The summed E-state index contributed by atoms with van der Waals surface area (Å²) in [5.41, 5.74) is 1.18. The van der Waals surface area contributed by atoms with Crippen LogP contribution in [0.5, 0.6) is 0 Å². The minimum atomic E-state index is 0.0425. The Kier molecular flexibility index (Phi) is 6.30. The van der Waals surface area contributed by atoms with Gasteiger partial charge in [-0.1, -0.05) is 32.6 Å². The van der Waals surface area contributed by atoms with Gasteiger partial charge >= 0.3 is 0 Å². The quantitative estimate of drug-likeness (QED) is 0.695. The maximum Gasteiger partial charge on any atom is 0.113 e. The molecule has 0 radical (unpaired) electrons. The van der Waals surface area contributed by atoms with Crippen LogP contribution in [0.2, 0.25) is 0 Å². The van der Waals surface area contributed by atoms with Crippen LogP contribution in [0, 0.1) is 6.92 Å². The first-order valence-corrected chi connectivity index (χ1v) is 8.06. The van der Waals surface area contributed by atoms with Gasteiger partial charge in [-0.15, -0.1) is 11.3 Å². The third-order valence-electron chi connectivity index (χ3n) is 3.23. The van der Waals surface area contributed by atoms with Crippen LogP contribution in [-0.4, -0.2) is 11.0 Å². The molecule has 18 heavy (non-hydrogen) atoms. The zero-order valence-electron chi connectivity index (χ0n) is 12.5. The predicted molar refractivity (Wildman–Crippen MR) is 81.2 cm³/mol. The molecule has 1 rings (SSSR count). The highest BCUT2D eigenvalue weighted by atomic mass is 32.1. The molecular formula is C15H28N2S. The molecule has 0 bridgehead atoms. The fourth-order valence-electron chi connectivity index (χ4n) is 2.39. The molecule has 1 heterocycles. The van der Waals surface area contributed by atoms with Crippen LogP contribution in [0.1, 0.15) is 70.5 Å². The van der Waals surface area contributed by atoms with Gasteiger partial charge in [0, 0.05) is 17.1 Å². The molecule has 0 saturated carbocycles. The van der Waals surface area contributed by atoms with Crippen molar-refractivity contribution in [3.63, 3.8) is 0 Å². The van der Waals surface area contributed by atoms with Gasteiger partial charge in [0.2, 0.25) is 0 Å². The van der Waals surface area contributed by atoms with Crippen LogP contribution in [-0.2, 0) is 5.54 Å². The molecule has 1 N–H and O–H groups in total. The molecule has 1 aromatic heterocycles. The van der Waals surface area contributed by atoms with Crippen molar-refractivity contribution in [2.45, 2.75) is 78.3 Å². The van der Waals surface area contributed by atoms with Gasteiger partial charge in [-0.05, 0) is 34.1 Å². The highest BCUT2D eigenvalue weighted by Gasteiger charge is 2.29. The minimum Gasteiger partial charge on any atom is -0.303 e. The number of hydrogen-bond acceptors (Lipinski definition) is 3. The molecule has 1 aromatic rings. The first-order chi connectivity index (χ1) is 8.48. The van der Waals surface area contributed by atoms with E-state index in [4.69, 9.17) is 4.98 Å². The summed E-state index contributed by atoms with van der Waals surface area (Å²) < 4.78 is 0. The van der Waals surface area contributed by atoms with Gasteiger partial charge in [0.15, 0.2) is 0 Å². The third kappa shape index (κ3) is 4.69. The lowest BCUT2D eigenvalue weighted by Gasteiger charge is -2.31. The van der Waals surface area contributed by atoms with Crippen molar-refractivity contribution in [3.8, 4) is 0 Å². The van der Waals surface area contributed by atoms with E-state index in [1.807, 2.05) is 0 Å². The second-order valence-corrected chi connectivity index (χ2v) is 6.59. The van der Waals surface area contributed by atoms with E-state index in [0.29, 0.717) is 6.04 Å². The average Bonchev–Trinajstić information content (AvgIpc) is 2.71. The van der Waals surface area contributed by atoms with Gasteiger partial charge in [-0.25, -0.2) is 4.98 Å². The van der Waals surface area contributed by atoms with Crippen LogP contribution in [0.3, 0.4) is 0 Å². The van der Waals surface area contributed by atoms with Crippen molar-refractivity contribution in [3.05, 3.63) is 16.1 Å². The summed E-state index contributed by atoms with van der Waals surface area (Å²) in [5.74, 6) is 0. The summed E-state index contributed by atoms with van der Waals surface area (Å²) >= 11 is 1.79. The zero-order chi connectivity index (χ0) is 13.6. The second-order valence-electron chi connectivity index (χ2n) is 5.74. The Hall–Kier alpha value is -0.410. The van der Waals surface area contributed by atoms with E-state index in [1.54, 1.807) is 11.3 Å². The smallest absolute Gasteiger partial charge is 0.113 e. The van der Waals surface area contributed by atoms with Gasteiger partial charge in [0.1, 0.15) is 5.01 Å². The maximum atomic E-state index is 4.69. The third-order valence-corrected chi connectivity index (χ3v) is 4.45.